The lowest BCUT2D eigenvalue weighted by atomic mass is 10.1. The molecule has 2 atom stereocenters. The van der Waals surface area contributed by atoms with E-state index in [2.05, 4.69) is 19.1 Å². The van der Waals surface area contributed by atoms with Gasteiger partial charge in [-0.05, 0) is 32.1 Å². The van der Waals surface area contributed by atoms with Gasteiger partial charge in [-0.2, -0.15) is 0 Å². The third-order valence-electron chi connectivity index (χ3n) is 5.27. The summed E-state index contributed by atoms with van der Waals surface area (Å²) in [6.45, 7) is 3.83. The molecule has 0 aliphatic carbocycles. The monoisotopic (exact) mass is 535 g/mol. The normalized spacial score (nSPS) is 14.5. The van der Waals surface area contributed by atoms with Gasteiger partial charge in [-0.1, -0.05) is 58.1 Å². The van der Waals surface area contributed by atoms with Crippen LogP contribution in [0.2, 0.25) is 0 Å². The van der Waals surface area contributed by atoms with E-state index in [1.54, 1.807) is 0 Å². The molecule has 0 aromatic carbocycles. The molecule has 0 saturated heterocycles. The summed E-state index contributed by atoms with van der Waals surface area (Å²) in [6.07, 6.45) is 13.7. The van der Waals surface area contributed by atoms with E-state index in [4.69, 9.17) is 18.5 Å². The molecule has 0 aromatic rings. The standard InChI is InChI=1S/C26H50NO8P/c1-6-8-10-11-12-13-14-15-16-17-19-26(29)35-24(22-32-25(28)18-9-7-2)23-34-36(30,31)33-21-20-27(3,4)5/h10-11,24H,6-9,12-23H2,1-5H3/b11-10-. The van der Waals surface area contributed by atoms with Crippen LogP contribution in [-0.2, 0) is 32.7 Å². The number of phosphoric ester groups is 1. The molecule has 0 saturated carbocycles. The van der Waals surface area contributed by atoms with Gasteiger partial charge in [0.1, 0.15) is 19.8 Å². The molecule has 0 aliphatic heterocycles. The first-order chi connectivity index (χ1) is 17.0. The molecule has 2 unspecified atom stereocenters. The summed E-state index contributed by atoms with van der Waals surface area (Å²) in [6, 6.07) is 0. The Hall–Kier alpha value is -1.25. The lowest BCUT2D eigenvalue weighted by Gasteiger charge is -2.28. The minimum Gasteiger partial charge on any atom is -0.756 e. The van der Waals surface area contributed by atoms with Crippen molar-refractivity contribution in [3.8, 4) is 0 Å². The molecule has 0 N–H and O–H groups in total. The van der Waals surface area contributed by atoms with Gasteiger partial charge < -0.3 is 27.9 Å². The number of phosphoric acid groups is 1. The minimum absolute atomic E-state index is 0.0320. The molecular formula is C26H50NO8P. The average Bonchev–Trinajstić information content (AvgIpc) is 2.79. The second-order valence-corrected chi connectivity index (χ2v) is 11.5. The van der Waals surface area contributed by atoms with Crippen molar-refractivity contribution in [1.82, 2.24) is 0 Å². The number of esters is 2. The van der Waals surface area contributed by atoms with Gasteiger partial charge >= 0.3 is 11.9 Å². The number of hydrogen-bond donors (Lipinski definition) is 0. The topological polar surface area (TPSA) is 111 Å². The van der Waals surface area contributed by atoms with Crippen molar-refractivity contribution >= 4 is 19.8 Å². The molecule has 0 radical (unpaired) electrons. The predicted octanol–water partition coefficient (Wildman–Crippen LogP) is 4.93. The van der Waals surface area contributed by atoms with Crippen molar-refractivity contribution in [2.24, 2.45) is 0 Å². The third-order valence-corrected chi connectivity index (χ3v) is 6.23. The van der Waals surface area contributed by atoms with E-state index < -0.39 is 32.5 Å². The maximum absolute atomic E-state index is 12.3. The molecule has 0 amide bonds. The Bertz CT molecular complexity index is 663. The zero-order valence-electron chi connectivity index (χ0n) is 23.2. The molecule has 0 rings (SSSR count). The maximum Gasteiger partial charge on any atom is 0.306 e. The Morgan fingerprint density at radius 1 is 0.833 bits per heavy atom. The Kier molecular flexibility index (Phi) is 20.0. The molecule has 0 aromatic heterocycles. The van der Waals surface area contributed by atoms with Crippen LogP contribution < -0.4 is 4.89 Å². The number of rotatable bonds is 23. The van der Waals surface area contributed by atoms with Crippen molar-refractivity contribution in [3.05, 3.63) is 12.2 Å². The van der Waals surface area contributed by atoms with Crippen LogP contribution in [0.15, 0.2) is 12.2 Å². The van der Waals surface area contributed by atoms with Gasteiger partial charge in [-0.25, -0.2) is 0 Å². The van der Waals surface area contributed by atoms with E-state index in [0.29, 0.717) is 23.9 Å². The number of unbranched alkanes of at least 4 members (excludes halogenated alkanes) is 7. The van der Waals surface area contributed by atoms with Crippen LogP contribution in [0.25, 0.3) is 0 Å². The molecule has 9 nitrogen and oxygen atoms in total. The van der Waals surface area contributed by atoms with Crippen molar-refractivity contribution in [1.29, 1.82) is 0 Å². The number of carbonyl (C=O) groups is 2. The zero-order chi connectivity index (χ0) is 27.3. The van der Waals surface area contributed by atoms with E-state index in [1.165, 1.54) is 6.42 Å². The van der Waals surface area contributed by atoms with Gasteiger partial charge in [0.25, 0.3) is 7.82 Å². The van der Waals surface area contributed by atoms with Crippen LogP contribution in [-0.4, -0.2) is 70.0 Å². The van der Waals surface area contributed by atoms with Gasteiger partial charge in [-0.15, -0.1) is 0 Å². The molecule has 0 fully saturated rings. The first kappa shape index (κ1) is 34.8. The highest BCUT2D eigenvalue weighted by Crippen LogP contribution is 2.38. The first-order valence-electron chi connectivity index (χ1n) is 13.4. The predicted molar refractivity (Wildman–Crippen MR) is 139 cm³/mol. The molecule has 212 valence electrons. The van der Waals surface area contributed by atoms with Crippen LogP contribution in [0.5, 0.6) is 0 Å². The molecule has 0 bridgehead atoms. The third kappa shape index (κ3) is 23.2. The number of carbonyl (C=O) groups excluding carboxylic acids is 2. The number of ether oxygens (including phenoxy) is 2. The van der Waals surface area contributed by atoms with E-state index in [1.807, 2.05) is 28.1 Å². The number of quaternary nitrogens is 1. The fourth-order valence-electron chi connectivity index (χ4n) is 3.04. The van der Waals surface area contributed by atoms with Crippen LogP contribution in [0.4, 0.5) is 0 Å². The average molecular weight is 536 g/mol. The fourth-order valence-corrected chi connectivity index (χ4v) is 3.77. The van der Waals surface area contributed by atoms with Gasteiger partial charge in [0.2, 0.25) is 0 Å². The number of hydrogen-bond acceptors (Lipinski definition) is 8. The van der Waals surface area contributed by atoms with Crippen molar-refractivity contribution < 1.29 is 42.1 Å². The van der Waals surface area contributed by atoms with Crippen LogP contribution in [0, 0.1) is 0 Å². The quantitative estimate of drug-likeness (QED) is 0.0596. The summed E-state index contributed by atoms with van der Waals surface area (Å²) in [7, 11) is 1.15. The Morgan fingerprint density at radius 3 is 2.14 bits per heavy atom. The summed E-state index contributed by atoms with van der Waals surface area (Å²) in [5.74, 6) is -0.894. The van der Waals surface area contributed by atoms with Gasteiger partial charge in [0.05, 0.1) is 27.7 Å². The van der Waals surface area contributed by atoms with Gasteiger partial charge in [-0.3, -0.25) is 14.2 Å². The molecule has 10 heteroatoms. The van der Waals surface area contributed by atoms with Crippen molar-refractivity contribution in [3.63, 3.8) is 0 Å². The molecular weight excluding hydrogens is 485 g/mol. The lowest BCUT2D eigenvalue weighted by Crippen LogP contribution is -2.37. The zero-order valence-corrected chi connectivity index (χ0v) is 24.1. The summed E-state index contributed by atoms with van der Waals surface area (Å²) >= 11 is 0. The second-order valence-electron chi connectivity index (χ2n) is 10.1. The smallest absolute Gasteiger partial charge is 0.306 e. The van der Waals surface area contributed by atoms with E-state index in [-0.39, 0.29) is 26.1 Å². The maximum atomic E-state index is 12.3. The number of likely N-dealkylation sites (N-methyl/N-ethyl adjacent to an activating group) is 1. The van der Waals surface area contributed by atoms with E-state index in [9.17, 15) is 19.0 Å². The molecule has 0 heterocycles. The molecule has 0 spiro atoms. The van der Waals surface area contributed by atoms with Crippen molar-refractivity contribution in [2.45, 2.75) is 97.0 Å². The van der Waals surface area contributed by atoms with Crippen LogP contribution >= 0.6 is 7.82 Å². The van der Waals surface area contributed by atoms with Crippen molar-refractivity contribution in [2.75, 3.05) is 47.5 Å². The number of nitrogens with zero attached hydrogens (tertiary/aromatic N) is 1. The Balaban J connectivity index is 4.48. The van der Waals surface area contributed by atoms with E-state index >= 15 is 0 Å². The Labute approximate surface area is 218 Å². The first-order valence-corrected chi connectivity index (χ1v) is 14.9. The molecule has 0 aliphatic rings. The summed E-state index contributed by atoms with van der Waals surface area (Å²) in [4.78, 5) is 36.2. The number of allylic oxidation sites excluding steroid dienone is 2. The second kappa shape index (κ2) is 20.8. The van der Waals surface area contributed by atoms with Crippen LogP contribution in [0.1, 0.15) is 90.9 Å². The van der Waals surface area contributed by atoms with E-state index in [0.717, 1.165) is 44.9 Å². The summed E-state index contributed by atoms with van der Waals surface area (Å²) in [5, 5.41) is 0. The van der Waals surface area contributed by atoms with Gasteiger partial charge in [0, 0.05) is 12.8 Å². The summed E-state index contributed by atoms with van der Waals surface area (Å²) in [5.41, 5.74) is 0. The lowest BCUT2D eigenvalue weighted by molar-refractivity contribution is -0.870. The molecule has 36 heavy (non-hydrogen) atoms. The highest BCUT2D eigenvalue weighted by Gasteiger charge is 2.21. The largest absolute Gasteiger partial charge is 0.756 e. The van der Waals surface area contributed by atoms with Gasteiger partial charge in [0.15, 0.2) is 6.10 Å². The Morgan fingerprint density at radius 2 is 1.47 bits per heavy atom. The fraction of sp³-hybridized carbons (Fsp3) is 0.846. The summed E-state index contributed by atoms with van der Waals surface area (Å²) < 4.78 is 33.0. The SMILES string of the molecule is CCC/C=C\CCCCCCCC(=O)OC(COC(=O)CCCC)COP(=O)([O-])OCC[N+](C)(C)C. The highest BCUT2D eigenvalue weighted by molar-refractivity contribution is 7.45. The minimum atomic E-state index is -4.58. The van der Waals surface area contributed by atoms with Crippen LogP contribution in [0.3, 0.4) is 0 Å². The highest BCUT2D eigenvalue weighted by atomic mass is 31.2.